The summed E-state index contributed by atoms with van der Waals surface area (Å²) in [5, 5.41) is 9.65. The molecule has 2 aromatic heterocycles. The first kappa shape index (κ1) is 13.6. The number of carbonyl (C=O) groups is 1. The van der Waals surface area contributed by atoms with Crippen molar-refractivity contribution in [1.29, 1.82) is 0 Å². The zero-order valence-corrected chi connectivity index (χ0v) is 11.7. The second kappa shape index (κ2) is 5.96. The molecule has 8 nitrogen and oxygen atoms in total. The highest BCUT2D eigenvalue weighted by molar-refractivity contribution is 5.90. The Bertz CT molecular complexity index is 618. The van der Waals surface area contributed by atoms with E-state index in [4.69, 9.17) is 4.52 Å². The lowest BCUT2D eigenvalue weighted by Crippen LogP contribution is -2.24. The minimum Gasteiger partial charge on any atom is -0.343 e. The van der Waals surface area contributed by atoms with Gasteiger partial charge in [0.15, 0.2) is 0 Å². The number of hydrogen-bond donors (Lipinski definition) is 2. The van der Waals surface area contributed by atoms with Crippen molar-refractivity contribution in [2.75, 3.05) is 6.54 Å². The van der Waals surface area contributed by atoms with E-state index in [1.165, 1.54) is 0 Å². The second-order valence-electron chi connectivity index (χ2n) is 4.94. The Labute approximate surface area is 121 Å². The Morgan fingerprint density at radius 2 is 2.38 bits per heavy atom. The molecule has 0 saturated carbocycles. The van der Waals surface area contributed by atoms with Crippen LogP contribution in [0.25, 0.3) is 0 Å². The first-order valence-electron chi connectivity index (χ1n) is 6.85. The van der Waals surface area contributed by atoms with Crippen LogP contribution in [0.1, 0.15) is 46.8 Å². The van der Waals surface area contributed by atoms with E-state index >= 15 is 0 Å². The molecule has 21 heavy (non-hydrogen) atoms. The quantitative estimate of drug-likeness (QED) is 0.844. The highest BCUT2D eigenvalue weighted by Gasteiger charge is 2.24. The van der Waals surface area contributed by atoms with Crippen molar-refractivity contribution in [3.8, 4) is 0 Å². The van der Waals surface area contributed by atoms with Gasteiger partial charge < -0.3 is 15.2 Å². The van der Waals surface area contributed by atoms with Gasteiger partial charge in [-0.05, 0) is 26.3 Å². The first-order valence-corrected chi connectivity index (χ1v) is 6.85. The summed E-state index contributed by atoms with van der Waals surface area (Å²) in [5.74, 6) is 0.122. The minimum absolute atomic E-state index is 0.0405. The predicted octanol–water partition coefficient (Wildman–Crippen LogP) is 0.523. The molecular formula is C13H16N6O2. The minimum atomic E-state index is -0.384. The Morgan fingerprint density at radius 1 is 1.48 bits per heavy atom. The number of amides is 1. The summed E-state index contributed by atoms with van der Waals surface area (Å²) in [6.07, 6.45) is 5.29. The number of aryl methyl sites for hydroxylation is 1. The molecule has 0 spiro atoms. The van der Waals surface area contributed by atoms with Gasteiger partial charge in [0.2, 0.25) is 5.89 Å². The molecule has 1 amide bonds. The summed E-state index contributed by atoms with van der Waals surface area (Å²) in [5.41, 5.74) is 1.51. The number of rotatable bonds is 4. The topological polar surface area (TPSA) is 106 Å². The maximum Gasteiger partial charge on any atom is 0.293 e. The highest BCUT2D eigenvalue weighted by atomic mass is 16.5. The molecule has 1 fully saturated rings. The third kappa shape index (κ3) is 3.22. The molecule has 3 heterocycles. The maximum atomic E-state index is 11.9. The average molecular weight is 288 g/mol. The Hall–Kier alpha value is -2.35. The van der Waals surface area contributed by atoms with Crippen molar-refractivity contribution in [1.82, 2.24) is 30.7 Å². The van der Waals surface area contributed by atoms with Gasteiger partial charge in [-0.1, -0.05) is 5.16 Å². The van der Waals surface area contributed by atoms with Crippen LogP contribution >= 0.6 is 0 Å². The molecule has 1 atom stereocenters. The fourth-order valence-electron chi connectivity index (χ4n) is 2.12. The van der Waals surface area contributed by atoms with Crippen molar-refractivity contribution in [2.45, 2.75) is 32.4 Å². The predicted molar refractivity (Wildman–Crippen MR) is 72.2 cm³/mol. The molecule has 1 unspecified atom stereocenters. The number of carbonyl (C=O) groups excluding carboxylic acids is 1. The molecule has 0 radical (unpaired) electrons. The summed E-state index contributed by atoms with van der Waals surface area (Å²) in [6, 6.07) is 0.0574. The summed E-state index contributed by atoms with van der Waals surface area (Å²) in [7, 11) is 0. The SMILES string of the molecule is Cc1cnc(CNC(=O)c2noc(C3CCCN3)n2)cn1. The van der Waals surface area contributed by atoms with E-state index in [-0.39, 0.29) is 24.3 Å². The first-order chi connectivity index (χ1) is 10.2. The van der Waals surface area contributed by atoms with Crippen LogP contribution in [0.4, 0.5) is 0 Å². The highest BCUT2D eigenvalue weighted by Crippen LogP contribution is 2.20. The standard InChI is InChI=1S/C13H16N6O2/c1-8-5-16-9(6-15-8)7-17-12(20)11-18-13(21-19-11)10-3-2-4-14-10/h5-6,10,14H,2-4,7H2,1H3,(H,17,20). The molecule has 110 valence electrons. The summed E-state index contributed by atoms with van der Waals surface area (Å²) in [4.78, 5) is 24.4. The smallest absolute Gasteiger partial charge is 0.293 e. The van der Waals surface area contributed by atoms with E-state index in [2.05, 4.69) is 30.7 Å². The van der Waals surface area contributed by atoms with Crippen LogP contribution in [-0.2, 0) is 6.54 Å². The van der Waals surface area contributed by atoms with Gasteiger partial charge in [-0.3, -0.25) is 14.8 Å². The monoisotopic (exact) mass is 288 g/mol. The Balaban J connectivity index is 1.59. The van der Waals surface area contributed by atoms with Gasteiger partial charge in [-0.15, -0.1) is 0 Å². The van der Waals surface area contributed by atoms with E-state index in [0.29, 0.717) is 11.6 Å². The molecule has 1 saturated heterocycles. The zero-order valence-electron chi connectivity index (χ0n) is 11.7. The van der Waals surface area contributed by atoms with Crippen LogP contribution in [0.15, 0.2) is 16.9 Å². The summed E-state index contributed by atoms with van der Waals surface area (Å²) >= 11 is 0. The molecule has 2 aromatic rings. The molecule has 0 bridgehead atoms. The third-order valence-electron chi connectivity index (χ3n) is 3.27. The van der Waals surface area contributed by atoms with Crippen molar-refractivity contribution >= 4 is 5.91 Å². The number of aromatic nitrogens is 4. The fraction of sp³-hybridized carbons (Fsp3) is 0.462. The summed E-state index contributed by atoms with van der Waals surface area (Å²) < 4.78 is 5.13. The van der Waals surface area contributed by atoms with Gasteiger partial charge in [0.1, 0.15) is 0 Å². The normalized spacial score (nSPS) is 17.9. The van der Waals surface area contributed by atoms with Crippen LogP contribution in [0.2, 0.25) is 0 Å². The molecule has 2 N–H and O–H groups in total. The van der Waals surface area contributed by atoms with E-state index in [0.717, 1.165) is 25.1 Å². The lowest BCUT2D eigenvalue weighted by atomic mass is 10.2. The fourth-order valence-corrected chi connectivity index (χ4v) is 2.12. The maximum absolute atomic E-state index is 11.9. The van der Waals surface area contributed by atoms with Crippen LogP contribution in [-0.4, -0.2) is 32.6 Å². The van der Waals surface area contributed by atoms with Crippen molar-refractivity contribution < 1.29 is 9.32 Å². The van der Waals surface area contributed by atoms with Crippen molar-refractivity contribution in [3.05, 3.63) is 35.5 Å². The largest absolute Gasteiger partial charge is 0.343 e. The Morgan fingerprint density at radius 3 is 3.10 bits per heavy atom. The van der Waals surface area contributed by atoms with E-state index in [9.17, 15) is 4.79 Å². The van der Waals surface area contributed by atoms with Crippen LogP contribution in [0.3, 0.4) is 0 Å². The molecule has 1 aliphatic heterocycles. The van der Waals surface area contributed by atoms with Gasteiger partial charge in [-0.25, -0.2) is 0 Å². The lowest BCUT2D eigenvalue weighted by Gasteiger charge is -2.02. The molecule has 8 heteroatoms. The van der Waals surface area contributed by atoms with E-state index in [1.54, 1.807) is 12.4 Å². The van der Waals surface area contributed by atoms with Gasteiger partial charge in [-0.2, -0.15) is 4.98 Å². The van der Waals surface area contributed by atoms with Crippen LogP contribution in [0, 0.1) is 6.92 Å². The molecule has 1 aliphatic rings. The number of nitrogens with zero attached hydrogens (tertiary/aromatic N) is 4. The van der Waals surface area contributed by atoms with Gasteiger partial charge in [0.05, 0.1) is 30.2 Å². The van der Waals surface area contributed by atoms with Gasteiger partial charge in [0, 0.05) is 6.20 Å². The van der Waals surface area contributed by atoms with Crippen molar-refractivity contribution in [2.24, 2.45) is 0 Å². The number of nitrogens with one attached hydrogen (secondary N) is 2. The van der Waals surface area contributed by atoms with Gasteiger partial charge in [0.25, 0.3) is 11.7 Å². The zero-order chi connectivity index (χ0) is 14.7. The van der Waals surface area contributed by atoms with Crippen molar-refractivity contribution in [3.63, 3.8) is 0 Å². The molecular weight excluding hydrogens is 272 g/mol. The van der Waals surface area contributed by atoms with Crippen LogP contribution in [0.5, 0.6) is 0 Å². The molecule has 3 rings (SSSR count). The molecule has 0 aromatic carbocycles. The summed E-state index contributed by atoms with van der Waals surface area (Å²) in [6.45, 7) is 3.06. The van der Waals surface area contributed by atoms with E-state index < -0.39 is 0 Å². The Kier molecular flexibility index (Phi) is 3.87. The lowest BCUT2D eigenvalue weighted by molar-refractivity contribution is 0.0937. The van der Waals surface area contributed by atoms with Gasteiger partial charge >= 0.3 is 0 Å². The second-order valence-corrected chi connectivity index (χ2v) is 4.94. The van der Waals surface area contributed by atoms with E-state index in [1.807, 2.05) is 6.92 Å². The third-order valence-corrected chi connectivity index (χ3v) is 3.27. The van der Waals surface area contributed by atoms with Crippen LogP contribution < -0.4 is 10.6 Å². The molecule has 0 aliphatic carbocycles. The average Bonchev–Trinajstić information content (AvgIpc) is 3.17. The number of hydrogen-bond acceptors (Lipinski definition) is 7.